The van der Waals surface area contributed by atoms with Gasteiger partial charge in [-0.15, -0.1) is 10.2 Å². The molecule has 2 atom stereocenters. The second-order valence-corrected chi connectivity index (χ2v) is 15.8. The molecule has 15 heteroatoms. The van der Waals surface area contributed by atoms with E-state index < -0.39 is 6.04 Å². The second kappa shape index (κ2) is 14.7. The summed E-state index contributed by atoms with van der Waals surface area (Å²) in [5.41, 5.74) is 4.84. The molecule has 6 aliphatic heterocycles. The van der Waals surface area contributed by atoms with Gasteiger partial charge in [0, 0.05) is 95.2 Å². The Morgan fingerprint density at radius 2 is 1.67 bits per heavy atom. The van der Waals surface area contributed by atoms with Crippen LogP contribution in [0, 0.1) is 5.92 Å². The Hall–Kier alpha value is -5.44. The van der Waals surface area contributed by atoms with Gasteiger partial charge in [0.25, 0.3) is 5.91 Å². The van der Waals surface area contributed by atoms with Gasteiger partial charge in [-0.1, -0.05) is 18.2 Å². The molecule has 1 unspecified atom stereocenters. The molecule has 7 heterocycles. The van der Waals surface area contributed by atoms with Gasteiger partial charge in [-0.25, -0.2) is 4.79 Å². The van der Waals surface area contributed by atoms with Crippen LogP contribution >= 0.6 is 0 Å². The maximum atomic E-state index is 13.9. The number of piperazine rings is 1. The number of para-hydroxylation sites is 1. The van der Waals surface area contributed by atoms with Gasteiger partial charge < -0.3 is 39.8 Å². The highest BCUT2D eigenvalue weighted by Gasteiger charge is 2.40. The molecular formula is C40H48N10O5. The monoisotopic (exact) mass is 748 g/mol. The number of aromatic hydroxyl groups is 1. The smallest absolute Gasteiger partial charge is 0.320 e. The van der Waals surface area contributed by atoms with Gasteiger partial charge in [0.2, 0.25) is 11.8 Å². The first-order valence-electron chi connectivity index (χ1n) is 19.7. The number of phenols is 1. The number of aromatic nitrogens is 2. The summed E-state index contributed by atoms with van der Waals surface area (Å²) >= 11 is 0. The second-order valence-electron chi connectivity index (χ2n) is 15.8. The van der Waals surface area contributed by atoms with Crippen molar-refractivity contribution in [1.82, 2.24) is 35.1 Å². The number of urea groups is 1. The lowest BCUT2D eigenvalue weighted by atomic mass is 9.95. The number of nitrogens with zero attached hydrogens (tertiary/aromatic N) is 8. The summed E-state index contributed by atoms with van der Waals surface area (Å²) in [5, 5.41) is 25.0. The van der Waals surface area contributed by atoms with E-state index in [9.17, 15) is 24.3 Å². The molecular weight excluding hydrogens is 701 g/mol. The Bertz CT molecular complexity index is 2000. The predicted octanol–water partition coefficient (Wildman–Crippen LogP) is 2.57. The van der Waals surface area contributed by atoms with Crippen molar-refractivity contribution in [3.63, 3.8) is 0 Å². The van der Waals surface area contributed by atoms with Crippen molar-refractivity contribution < 1.29 is 24.3 Å². The summed E-state index contributed by atoms with van der Waals surface area (Å²) in [5.74, 6) is 0.673. The van der Waals surface area contributed by atoms with Gasteiger partial charge in [-0.05, 0) is 74.0 Å². The standard InChI is InChI=1S/C40H48N10O5/c51-35-5-2-1-4-30(35)32-21-34-37(44-43-32)41-22-29-25-48(18-19-49(29)34)40(55)47-13-3-12-45(16-17-47)23-26-10-14-46(15-11-26)28-7-6-27-24-50(39(54)31(27)20-28)33-8-9-36(52)42-38(33)53/h1-2,4-7,20-21,26,29,33,51H,3,8-19,22-25H2,(H,41,44)(H,42,52,53)/t29-,33?/m0/s1. The Morgan fingerprint density at radius 3 is 2.51 bits per heavy atom. The number of piperidine rings is 2. The lowest BCUT2D eigenvalue weighted by Crippen LogP contribution is -2.61. The minimum atomic E-state index is -0.603. The SMILES string of the molecule is O=C1CCC(N2Cc3ccc(N4CCC(CN5CCCN(C(=O)N6CCN7c8cc(-c9ccccc9O)nnc8NC[C@H]7C6)CC5)CC4)cc3C2=O)C(=O)N1. The molecule has 0 radical (unpaired) electrons. The number of carbonyl (C=O) groups excluding carboxylic acids is 4. The van der Waals surface area contributed by atoms with Crippen molar-refractivity contribution >= 4 is 40.9 Å². The molecule has 2 aromatic carbocycles. The molecule has 15 nitrogen and oxygen atoms in total. The van der Waals surface area contributed by atoms with Gasteiger partial charge in [0.1, 0.15) is 11.8 Å². The third-order valence-corrected chi connectivity index (χ3v) is 12.4. The van der Waals surface area contributed by atoms with Crippen LogP contribution in [-0.4, -0.2) is 143 Å². The largest absolute Gasteiger partial charge is 0.507 e. The topological polar surface area (TPSA) is 158 Å². The molecule has 0 bridgehead atoms. The molecule has 55 heavy (non-hydrogen) atoms. The quantitative estimate of drug-likeness (QED) is 0.330. The van der Waals surface area contributed by atoms with Crippen molar-refractivity contribution in [1.29, 1.82) is 0 Å². The van der Waals surface area contributed by atoms with Gasteiger partial charge in [0.05, 0.1) is 17.4 Å². The average molecular weight is 749 g/mol. The first-order valence-corrected chi connectivity index (χ1v) is 19.7. The number of nitrogens with one attached hydrogen (secondary N) is 2. The molecule has 0 spiro atoms. The van der Waals surface area contributed by atoms with Crippen LogP contribution in [0.5, 0.6) is 5.75 Å². The molecule has 4 saturated heterocycles. The Labute approximate surface area is 320 Å². The van der Waals surface area contributed by atoms with Gasteiger partial charge >= 0.3 is 6.03 Å². The van der Waals surface area contributed by atoms with Gasteiger partial charge in [-0.3, -0.25) is 19.7 Å². The first-order chi connectivity index (χ1) is 26.8. The number of hydrogen-bond acceptors (Lipinski definition) is 11. The lowest BCUT2D eigenvalue weighted by molar-refractivity contribution is -0.136. The number of rotatable bonds is 5. The number of fused-ring (bicyclic) bond motifs is 4. The zero-order valence-corrected chi connectivity index (χ0v) is 31.0. The number of imide groups is 1. The van der Waals surface area contributed by atoms with Gasteiger partial charge in [0.15, 0.2) is 5.82 Å². The highest BCUT2D eigenvalue weighted by atomic mass is 16.3. The summed E-state index contributed by atoms with van der Waals surface area (Å²) < 4.78 is 0. The fraction of sp³-hybridized carbons (Fsp3) is 0.500. The molecule has 288 valence electrons. The van der Waals surface area contributed by atoms with Crippen LogP contribution in [0.4, 0.5) is 22.0 Å². The van der Waals surface area contributed by atoms with E-state index in [4.69, 9.17) is 0 Å². The van der Waals surface area contributed by atoms with Crippen molar-refractivity contribution in [2.75, 3.05) is 87.1 Å². The molecule has 6 aliphatic rings. The molecule has 0 saturated carbocycles. The van der Waals surface area contributed by atoms with E-state index >= 15 is 0 Å². The summed E-state index contributed by atoms with van der Waals surface area (Å²) in [4.78, 5) is 64.2. The first kappa shape index (κ1) is 35.3. The predicted molar refractivity (Wildman–Crippen MR) is 206 cm³/mol. The molecule has 4 fully saturated rings. The van der Waals surface area contributed by atoms with E-state index in [1.165, 1.54) is 0 Å². The molecule has 1 aromatic heterocycles. The van der Waals surface area contributed by atoms with Crippen LogP contribution < -0.4 is 20.4 Å². The van der Waals surface area contributed by atoms with Crippen molar-refractivity contribution in [2.45, 2.75) is 50.7 Å². The van der Waals surface area contributed by atoms with E-state index in [0.29, 0.717) is 61.9 Å². The molecule has 0 aliphatic carbocycles. The highest BCUT2D eigenvalue weighted by molar-refractivity contribution is 6.05. The maximum Gasteiger partial charge on any atom is 0.320 e. The number of anilines is 3. The van der Waals surface area contributed by atoms with Crippen molar-refractivity contribution in [2.24, 2.45) is 5.92 Å². The Morgan fingerprint density at radius 1 is 0.836 bits per heavy atom. The number of benzene rings is 2. The number of hydrogen-bond donors (Lipinski definition) is 3. The van der Waals surface area contributed by atoms with E-state index in [2.05, 4.69) is 41.6 Å². The van der Waals surface area contributed by atoms with E-state index in [1.807, 2.05) is 40.1 Å². The summed E-state index contributed by atoms with van der Waals surface area (Å²) in [6.45, 7) is 9.26. The number of phenolic OH excluding ortho intramolecular Hbond substituents is 1. The summed E-state index contributed by atoms with van der Waals surface area (Å²) in [7, 11) is 0. The van der Waals surface area contributed by atoms with Gasteiger partial charge in [-0.2, -0.15) is 0 Å². The fourth-order valence-electron chi connectivity index (χ4n) is 9.31. The third-order valence-electron chi connectivity index (χ3n) is 12.4. The normalized spacial score (nSPS) is 23.5. The fourth-order valence-corrected chi connectivity index (χ4v) is 9.31. The molecule has 5 amide bonds. The highest BCUT2D eigenvalue weighted by Crippen LogP contribution is 2.37. The minimum absolute atomic E-state index is 0.116. The third kappa shape index (κ3) is 6.90. The van der Waals surface area contributed by atoms with Crippen molar-refractivity contribution in [3.05, 3.63) is 59.7 Å². The Balaban J connectivity index is 0.751. The molecule has 9 rings (SSSR count). The average Bonchev–Trinajstić information content (AvgIpc) is 3.35. The number of amides is 5. The van der Waals surface area contributed by atoms with Crippen LogP contribution in [0.25, 0.3) is 11.3 Å². The minimum Gasteiger partial charge on any atom is -0.507 e. The van der Waals surface area contributed by atoms with Crippen LogP contribution in [0.15, 0.2) is 48.5 Å². The van der Waals surface area contributed by atoms with E-state index in [-0.39, 0.29) is 42.0 Å². The molecule has 3 aromatic rings. The van der Waals surface area contributed by atoms with Crippen LogP contribution in [-0.2, 0) is 16.1 Å². The van der Waals surface area contributed by atoms with Crippen LogP contribution in [0.1, 0.15) is 48.0 Å². The van der Waals surface area contributed by atoms with Crippen LogP contribution in [0.3, 0.4) is 0 Å². The van der Waals surface area contributed by atoms with Crippen LogP contribution in [0.2, 0.25) is 0 Å². The number of carbonyl (C=O) groups is 4. The zero-order chi connectivity index (χ0) is 37.6. The molecule has 3 N–H and O–H groups in total. The van der Waals surface area contributed by atoms with E-state index in [1.54, 1.807) is 17.0 Å². The zero-order valence-electron chi connectivity index (χ0n) is 31.0. The maximum absolute atomic E-state index is 13.9. The van der Waals surface area contributed by atoms with Crippen molar-refractivity contribution in [3.8, 4) is 17.0 Å². The summed E-state index contributed by atoms with van der Waals surface area (Å²) in [6, 6.07) is 14.9. The van der Waals surface area contributed by atoms with E-state index in [0.717, 1.165) is 87.8 Å². The Kier molecular flexibility index (Phi) is 9.40. The lowest BCUT2D eigenvalue weighted by Gasteiger charge is -2.46. The summed E-state index contributed by atoms with van der Waals surface area (Å²) in [6.07, 6.45) is 3.70.